The Labute approximate surface area is 103 Å². The van der Waals surface area contributed by atoms with E-state index < -0.39 is 0 Å². The van der Waals surface area contributed by atoms with Crippen molar-refractivity contribution < 1.29 is 0 Å². The minimum absolute atomic E-state index is 1.28. The third-order valence-corrected chi connectivity index (χ3v) is 2.99. The summed E-state index contributed by atoms with van der Waals surface area (Å²) in [5, 5.41) is 1.33. The van der Waals surface area contributed by atoms with Gasteiger partial charge in [-0.1, -0.05) is 29.4 Å². The van der Waals surface area contributed by atoms with Gasteiger partial charge >= 0.3 is 0 Å². The quantitative estimate of drug-likeness (QED) is 0.665. The monoisotopic (exact) mass is 225 g/mol. The number of hydrogen-bond donors (Lipinski definition) is 0. The zero-order valence-corrected chi connectivity index (χ0v) is 11.0. The molecule has 1 heteroatoms. The fourth-order valence-corrected chi connectivity index (χ4v) is 2.21. The van der Waals surface area contributed by atoms with E-state index in [1.807, 2.05) is 6.92 Å². The lowest BCUT2D eigenvalue weighted by atomic mass is 10.1. The lowest BCUT2D eigenvalue weighted by Crippen LogP contribution is -1.82. The molecule has 0 saturated carbocycles. The van der Waals surface area contributed by atoms with Crippen molar-refractivity contribution in [2.75, 3.05) is 0 Å². The van der Waals surface area contributed by atoms with Crippen molar-refractivity contribution in [3.8, 4) is 0 Å². The molecule has 1 nitrogen and oxygen atoms in total. The average Bonchev–Trinajstić information content (AvgIpc) is 2.55. The van der Waals surface area contributed by atoms with Crippen LogP contribution in [-0.4, -0.2) is 4.57 Å². The Kier molecular flexibility index (Phi) is 3.19. The van der Waals surface area contributed by atoms with Gasteiger partial charge in [-0.05, 0) is 39.0 Å². The number of aryl methyl sites for hydroxylation is 2. The van der Waals surface area contributed by atoms with E-state index in [0.29, 0.717) is 0 Å². The molecule has 0 aliphatic rings. The number of nitrogens with zero attached hydrogens (tertiary/aromatic N) is 1. The summed E-state index contributed by atoms with van der Waals surface area (Å²) in [6.07, 6.45) is 8.63. The van der Waals surface area contributed by atoms with Crippen LogP contribution in [-0.2, 0) is 7.05 Å². The summed E-state index contributed by atoms with van der Waals surface area (Å²) in [6, 6.07) is 6.60. The average molecular weight is 225 g/mol. The predicted octanol–water partition coefficient (Wildman–Crippen LogP) is 4.47. The van der Waals surface area contributed by atoms with Gasteiger partial charge in [-0.2, -0.15) is 0 Å². The molecule has 0 aliphatic heterocycles. The van der Waals surface area contributed by atoms with Crippen LogP contribution in [0.1, 0.15) is 25.0 Å². The summed E-state index contributed by atoms with van der Waals surface area (Å²) in [6.45, 7) is 6.32. The summed E-state index contributed by atoms with van der Waals surface area (Å²) in [5.74, 6) is 0. The van der Waals surface area contributed by atoms with E-state index in [9.17, 15) is 0 Å². The van der Waals surface area contributed by atoms with Gasteiger partial charge in [0, 0.05) is 29.7 Å². The Bertz CT molecular complexity index is 597. The first-order valence-electron chi connectivity index (χ1n) is 5.98. The van der Waals surface area contributed by atoms with E-state index in [1.54, 1.807) is 0 Å². The van der Waals surface area contributed by atoms with Gasteiger partial charge in [0.2, 0.25) is 0 Å². The summed E-state index contributed by atoms with van der Waals surface area (Å²) in [5.41, 5.74) is 5.17. The molecule has 0 unspecified atom stereocenters. The van der Waals surface area contributed by atoms with Crippen LogP contribution in [0.15, 0.2) is 42.1 Å². The molecule has 0 bridgehead atoms. The number of fused-ring (bicyclic) bond motifs is 1. The van der Waals surface area contributed by atoms with Crippen molar-refractivity contribution in [2.24, 2.45) is 7.05 Å². The Balaban J connectivity index is 2.62. The van der Waals surface area contributed by atoms with Crippen LogP contribution < -0.4 is 0 Å². The zero-order valence-electron chi connectivity index (χ0n) is 11.0. The van der Waals surface area contributed by atoms with Gasteiger partial charge in [0.15, 0.2) is 0 Å². The fraction of sp³-hybridized carbons (Fsp3) is 0.250. The van der Waals surface area contributed by atoms with Crippen LogP contribution in [0.2, 0.25) is 0 Å². The largest absolute Gasteiger partial charge is 0.350 e. The molecule has 0 aliphatic carbocycles. The van der Waals surface area contributed by atoms with Gasteiger partial charge < -0.3 is 4.57 Å². The third kappa shape index (κ3) is 2.33. The molecule has 0 amide bonds. The van der Waals surface area contributed by atoms with Gasteiger partial charge in [0.05, 0.1) is 0 Å². The Hall–Kier alpha value is -1.76. The third-order valence-electron chi connectivity index (χ3n) is 2.99. The van der Waals surface area contributed by atoms with Crippen LogP contribution in [0.3, 0.4) is 0 Å². The molecule has 0 spiro atoms. The summed E-state index contributed by atoms with van der Waals surface area (Å²) >= 11 is 0. The first-order valence-corrected chi connectivity index (χ1v) is 5.98. The normalized spacial score (nSPS) is 12.8. The van der Waals surface area contributed by atoms with Crippen molar-refractivity contribution in [3.05, 3.63) is 53.2 Å². The maximum absolute atomic E-state index is 2.25. The van der Waals surface area contributed by atoms with Crippen LogP contribution >= 0.6 is 0 Å². The molecule has 0 N–H and O–H groups in total. The van der Waals surface area contributed by atoms with Gasteiger partial charge in [-0.3, -0.25) is 0 Å². The van der Waals surface area contributed by atoms with Crippen molar-refractivity contribution >= 4 is 17.0 Å². The molecule has 2 aromatic rings. The Morgan fingerprint density at radius 2 is 2.06 bits per heavy atom. The molecule has 1 heterocycles. The Morgan fingerprint density at radius 1 is 1.29 bits per heavy atom. The number of allylic oxidation sites excluding steroid dienone is 3. The summed E-state index contributed by atoms with van der Waals surface area (Å²) in [7, 11) is 2.10. The highest BCUT2D eigenvalue weighted by atomic mass is 14.9. The topological polar surface area (TPSA) is 4.93 Å². The molecule has 0 radical (unpaired) electrons. The summed E-state index contributed by atoms with van der Waals surface area (Å²) < 4.78 is 2.18. The second-order valence-corrected chi connectivity index (χ2v) is 4.60. The maximum Gasteiger partial charge on any atom is 0.0484 e. The summed E-state index contributed by atoms with van der Waals surface area (Å²) in [4.78, 5) is 0. The van der Waals surface area contributed by atoms with Crippen molar-refractivity contribution in [3.63, 3.8) is 0 Å². The Morgan fingerprint density at radius 3 is 2.76 bits per heavy atom. The van der Waals surface area contributed by atoms with Crippen molar-refractivity contribution in [1.82, 2.24) is 4.57 Å². The fourth-order valence-electron chi connectivity index (χ4n) is 2.21. The van der Waals surface area contributed by atoms with Gasteiger partial charge in [-0.25, -0.2) is 0 Å². The zero-order chi connectivity index (χ0) is 12.4. The second kappa shape index (κ2) is 4.62. The van der Waals surface area contributed by atoms with Crippen LogP contribution in [0.4, 0.5) is 0 Å². The number of rotatable bonds is 2. The molecule has 2 rings (SSSR count). The van der Waals surface area contributed by atoms with E-state index in [1.165, 1.54) is 27.6 Å². The highest BCUT2D eigenvalue weighted by Crippen LogP contribution is 2.24. The van der Waals surface area contributed by atoms with Crippen LogP contribution in [0, 0.1) is 6.92 Å². The predicted molar refractivity (Wildman–Crippen MR) is 76.1 cm³/mol. The molecular formula is C16H19N. The SMILES string of the molecule is C/C=C\C(C)=C/c1cn(C)c2ccc(C)cc12. The molecule has 17 heavy (non-hydrogen) atoms. The number of aromatic nitrogens is 1. The van der Waals surface area contributed by atoms with E-state index in [-0.39, 0.29) is 0 Å². The second-order valence-electron chi connectivity index (χ2n) is 4.60. The standard InChI is InChI=1S/C16H19N/c1-5-6-12(2)9-14-11-17(4)16-8-7-13(3)10-15(14)16/h5-11H,1-4H3/b6-5-,12-9-. The first kappa shape index (κ1) is 11.7. The highest BCUT2D eigenvalue weighted by molar-refractivity contribution is 5.90. The molecule has 0 fully saturated rings. The van der Waals surface area contributed by atoms with E-state index in [2.05, 4.69) is 68.1 Å². The molecule has 1 aromatic carbocycles. The first-order chi connectivity index (χ1) is 8.11. The minimum Gasteiger partial charge on any atom is -0.350 e. The highest BCUT2D eigenvalue weighted by Gasteiger charge is 2.04. The number of benzene rings is 1. The van der Waals surface area contributed by atoms with Gasteiger partial charge in [0.1, 0.15) is 0 Å². The molecule has 0 atom stereocenters. The molecule has 0 saturated heterocycles. The minimum atomic E-state index is 1.28. The van der Waals surface area contributed by atoms with E-state index in [4.69, 9.17) is 0 Å². The van der Waals surface area contributed by atoms with E-state index >= 15 is 0 Å². The molecule has 1 aromatic heterocycles. The van der Waals surface area contributed by atoms with Gasteiger partial charge in [-0.15, -0.1) is 0 Å². The lowest BCUT2D eigenvalue weighted by Gasteiger charge is -1.97. The molecular weight excluding hydrogens is 206 g/mol. The lowest BCUT2D eigenvalue weighted by molar-refractivity contribution is 0.967. The van der Waals surface area contributed by atoms with Crippen molar-refractivity contribution in [1.29, 1.82) is 0 Å². The van der Waals surface area contributed by atoms with Crippen LogP contribution in [0.5, 0.6) is 0 Å². The van der Waals surface area contributed by atoms with Gasteiger partial charge in [0.25, 0.3) is 0 Å². The van der Waals surface area contributed by atoms with E-state index in [0.717, 1.165) is 0 Å². The maximum atomic E-state index is 2.25. The van der Waals surface area contributed by atoms with Crippen LogP contribution in [0.25, 0.3) is 17.0 Å². The molecule has 88 valence electrons. The smallest absolute Gasteiger partial charge is 0.0484 e. The van der Waals surface area contributed by atoms with Crippen molar-refractivity contribution in [2.45, 2.75) is 20.8 Å². The number of hydrogen-bond acceptors (Lipinski definition) is 0.